The number of aliphatic imine (C=N–C) groups is 1. The van der Waals surface area contributed by atoms with E-state index < -0.39 is 0 Å². The molecule has 0 saturated heterocycles. The van der Waals surface area contributed by atoms with E-state index in [1.165, 1.54) is 12.1 Å². The van der Waals surface area contributed by atoms with Gasteiger partial charge in [0.1, 0.15) is 24.4 Å². The highest BCUT2D eigenvalue weighted by atomic mass is 19.1. The Bertz CT molecular complexity index is 986. The fraction of sp³-hybridized carbons (Fsp3) is 0.250. The highest BCUT2D eigenvalue weighted by Gasteiger charge is 2.21. The van der Waals surface area contributed by atoms with Crippen molar-refractivity contribution in [2.75, 3.05) is 6.61 Å². The first kappa shape index (κ1) is 18.0. The molecule has 0 fully saturated rings. The molecule has 3 aromatic rings. The fourth-order valence-corrected chi connectivity index (χ4v) is 3.18. The highest BCUT2D eigenvalue weighted by molar-refractivity contribution is 5.78. The van der Waals surface area contributed by atoms with Crippen molar-refractivity contribution in [1.82, 2.24) is 20.1 Å². The number of aromatic nitrogens is 3. The van der Waals surface area contributed by atoms with Gasteiger partial charge in [-0.05, 0) is 23.8 Å². The number of nitrogens with two attached hydrogens (primary N) is 1. The maximum Gasteiger partial charge on any atom is 0.189 e. The first-order valence-corrected chi connectivity index (χ1v) is 9.08. The first-order chi connectivity index (χ1) is 13.7. The molecule has 144 valence electrons. The monoisotopic (exact) mass is 380 g/mol. The van der Waals surface area contributed by atoms with Crippen LogP contribution < -0.4 is 15.8 Å². The summed E-state index contributed by atoms with van der Waals surface area (Å²) in [5.74, 6) is 1.49. The number of benzene rings is 2. The van der Waals surface area contributed by atoms with Gasteiger partial charge in [-0.1, -0.05) is 30.3 Å². The van der Waals surface area contributed by atoms with E-state index in [0.717, 1.165) is 23.3 Å². The molecule has 0 aliphatic carbocycles. The van der Waals surface area contributed by atoms with Gasteiger partial charge in [-0.15, -0.1) is 0 Å². The molecule has 28 heavy (non-hydrogen) atoms. The van der Waals surface area contributed by atoms with Crippen LogP contribution in [0.3, 0.4) is 0 Å². The van der Waals surface area contributed by atoms with Crippen LogP contribution in [0, 0.1) is 5.82 Å². The van der Waals surface area contributed by atoms with Crippen LogP contribution in [0.25, 0.3) is 0 Å². The van der Waals surface area contributed by atoms with Crippen molar-refractivity contribution in [3.05, 3.63) is 77.6 Å². The van der Waals surface area contributed by atoms with Crippen LogP contribution in [-0.4, -0.2) is 27.3 Å². The number of hydrogen-bond acceptors (Lipinski definition) is 4. The largest absolute Gasteiger partial charge is 0.493 e. The summed E-state index contributed by atoms with van der Waals surface area (Å²) in [6.45, 7) is 1.34. The summed E-state index contributed by atoms with van der Waals surface area (Å²) >= 11 is 0. The number of hydrogen-bond donors (Lipinski definition) is 2. The molecule has 2 heterocycles. The molecular weight excluding hydrogens is 359 g/mol. The van der Waals surface area contributed by atoms with Gasteiger partial charge in [-0.2, -0.15) is 5.10 Å². The van der Waals surface area contributed by atoms with E-state index in [2.05, 4.69) is 20.4 Å². The Morgan fingerprint density at radius 1 is 1.29 bits per heavy atom. The second kappa shape index (κ2) is 8.08. The number of guanidine groups is 1. The molecule has 8 heteroatoms. The number of nitrogens with zero attached hydrogens (tertiary/aromatic N) is 4. The standard InChI is InChI=1S/C20H21FN6O/c21-15-5-3-4-14(10-15)12-27-13-24-19(26-27)11-23-20(22)25-17-8-9-28-18-7-2-1-6-16(17)18/h1-7,10,13,17H,8-9,11-12H2,(H3,22,23,25). The number of halogens is 1. The topological polar surface area (TPSA) is 90.4 Å². The Labute approximate surface area is 162 Å². The molecule has 1 atom stereocenters. The van der Waals surface area contributed by atoms with Gasteiger partial charge in [0.05, 0.1) is 19.2 Å². The molecule has 1 aliphatic heterocycles. The summed E-state index contributed by atoms with van der Waals surface area (Å²) in [6.07, 6.45) is 2.42. The number of para-hydroxylation sites is 1. The minimum atomic E-state index is -0.268. The van der Waals surface area contributed by atoms with Crippen LogP contribution in [0.5, 0.6) is 5.75 Å². The maximum atomic E-state index is 13.3. The number of ether oxygens (including phenoxy) is 1. The predicted molar refractivity (Wildman–Crippen MR) is 103 cm³/mol. The average Bonchev–Trinajstić information content (AvgIpc) is 3.14. The number of rotatable bonds is 5. The molecule has 7 nitrogen and oxygen atoms in total. The van der Waals surface area contributed by atoms with Crippen LogP contribution in [-0.2, 0) is 13.1 Å². The summed E-state index contributed by atoms with van der Waals surface area (Å²) in [7, 11) is 0. The molecule has 4 rings (SSSR count). The quantitative estimate of drug-likeness (QED) is 0.524. The first-order valence-electron chi connectivity index (χ1n) is 9.08. The predicted octanol–water partition coefficient (Wildman–Crippen LogP) is 2.39. The van der Waals surface area contributed by atoms with Crippen molar-refractivity contribution in [3.63, 3.8) is 0 Å². The van der Waals surface area contributed by atoms with Gasteiger partial charge in [0.15, 0.2) is 11.8 Å². The van der Waals surface area contributed by atoms with Crippen molar-refractivity contribution in [1.29, 1.82) is 0 Å². The van der Waals surface area contributed by atoms with E-state index in [4.69, 9.17) is 10.5 Å². The molecule has 0 spiro atoms. The molecule has 0 radical (unpaired) electrons. The van der Waals surface area contributed by atoms with Gasteiger partial charge in [-0.25, -0.2) is 19.0 Å². The summed E-state index contributed by atoms with van der Waals surface area (Å²) in [4.78, 5) is 8.58. The molecule has 1 unspecified atom stereocenters. The van der Waals surface area contributed by atoms with E-state index in [1.807, 2.05) is 30.3 Å². The minimum Gasteiger partial charge on any atom is -0.493 e. The lowest BCUT2D eigenvalue weighted by molar-refractivity contribution is 0.262. The molecule has 0 saturated carbocycles. The molecular formula is C20H21FN6O. The van der Waals surface area contributed by atoms with Gasteiger partial charge in [-0.3, -0.25) is 0 Å². The molecule has 3 N–H and O–H groups in total. The van der Waals surface area contributed by atoms with Crippen molar-refractivity contribution in [2.45, 2.75) is 25.6 Å². The van der Waals surface area contributed by atoms with Crippen LogP contribution in [0.2, 0.25) is 0 Å². The Morgan fingerprint density at radius 3 is 3.07 bits per heavy atom. The Hall–Kier alpha value is -3.42. The average molecular weight is 380 g/mol. The Morgan fingerprint density at radius 2 is 2.18 bits per heavy atom. The zero-order valence-corrected chi connectivity index (χ0v) is 15.3. The summed E-state index contributed by atoms with van der Waals surface area (Å²) < 4.78 is 20.6. The zero-order chi connectivity index (χ0) is 19.3. The van der Waals surface area contributed by atoms with Crippen molar-refractivity contribution >= 4 is 5.96 Å². The third-order valence-electron chi connectivity index (χ3n) is 4.49. The Balaban J connectivity index is 1.36. The highest BCUT2D eigenvalue weighted by Crippen LogP contribution is 2.31. The van der Waals surface area contributed by atoms with Crippen molar-refractivity contribution < 1.29 is 9.13 Å². The van der Waals surface area contributed by atoms with E-state index in [1.54, 1.807) is 17.1 Å². The van der Waals surface area contributed by atoms with E-state index in [0.29, 0.717) is 24.9 Å². The van der Waals surface area contributed by atoms with Crippen molar-refractivity contribution in [3.8, 4) is 5.75 Å². The van der Waals surface area contributed by atoms with Gasteiger partial charge in [0.2, 0.25) is 0 Å². The smallest absolute Gasteiger partial charge is 0.189 e. The van der Waals surface area contributed by atoms with Gasteiger partial charge in [0.25, 0.3) is 0 Å². The second-order valence-corrected chi connectivity index (χ2v) is 6.56. The van der Waals surface area contributed by atoms with Gasteiger partial charge >= 0.3 is 0 Å². The minimum absolute atomic E-state index is 0.0622. The lowest BCUT2D eigenvalue weighted by Crippen LogP contribution is -2.37. The maximum absolute atomic E-state index is 13.3. The van der Waals surface area contributed by atoms with Crippen LogP contribution in [0.15, 0.2) is 59.9 Å². The summed E-state index contributed by atoms with van der Waals surface area (Å²) in [6, 6.07) is 14.4. The Kier molecular flexibility index (Phi) is 5.18. The molecule has 0 amide bonds. The van der Waals surface area contributed by atoms with E-state index in [9.17, 15) is 4.39 Å². The number of nitrogens with one attached hydrogen (secondary N) is 1. The van der Waals surface area contributed by atoms with Gasteiger partial charge < -0.3 is 15.8 Å². The van der Waals surface area contributed by atoms with Crippen molar-refractivity contribution in [2.24, 2.45) is 10.7 Å². The van der Waals surface area contributed by atoms with E-state index >= 15 is 0 Å². The van der Waals surface area contributed by atoms with Crippen LogP contribution in [0.4, 0.5) is 4.39 Å². The third kappa shape index (κ3) is 4.28. The lowest BCUT2D eigenvalue weighted by atomic mass is 10.0. The SMILES string of the molecule is NC(=NCc1ncn(Cc2cccc(F)c2)n1)NC1CCOc2ccccc21. The lowest BCUT2D eigenvalue weighted by Gasteiger charge is -2.26. The van der Waals surface area contributed by atoms with Crippen LogP contribution in [0.1, 0.15) is 29.4 Å². The fourth-order valence-electron chi connectivity index (χ4n) is 3.18. The zero-order valence-electron chi connectivity index (χ0n) is 15.3. The summed E-state index contributed by atoms with van der Waals surface area (Å²) in [5.41, 5.74) is 7.94. The third-order valence-corrected chi connectivity index (χ3v) is 4.49. The van der Waals surface area contributed by atoms with E-state index in [-0.39, 0.29) is 18.4 Å². The van der Waals surface area contributed by atoms with Crippen LogP contribution >= 0.6 is 0 Å². The molecule has 1 aromatic heterocycles. The molecule has 2 aromatic carbocycles. The normalized spacial score (nSPS) is 16.3. The second-order valence-electron chi connectivity index (χ2n) is 6.56. The van der Waals surface area contributed by atoms with Gasteiger partial charge in [0, 0.05) is 12.0 Å². The number of fused-ring (bicyclic) bond motifs is 1. The molecule has 1 aliphatic rings. The summed E-state index contributed by atoms with van der Waals surface area (Å²) in [5, 5.41) is 7.60. The molecule has 0 bridgehead atoms.